The lowest BCUT2D eigenvalue weighted by molar-refractivity contribution is -0.137. The normalized spacial score (nSPS) is 12.6. The van der Waals surface area contributed by atoms with Gasteiger partial charge >= 0.3 is 12.4 Å². The predicted molar refractivity (Wildman–Crippen MR) is 319 cm³/mol. The topological polar surface area (TPSA) is 19.7 Å². The Morgan fingerprint density at radius 3 is 1.01 bits per heavy atom. The molecule has 11 aromatic carbocycles. The van der Waals surface area contributed by atoms with E-state index in [1.165, 1.54) is 24.3 Å². The number of aromatic nitrogens is 4. The van der Waals surface area contributed by atoms with E-state index in [9.17, 15) is 0 Å². The van der Waals surface area contributed by atoms with Gasteiger partial charge in [0.05, 0.1) is 66.6 Å². The summed E-state index contributed by atoms with van der Waals surface area (Å²) in [6, 6.07) is 73.2. The lowest BCUT2D eigenvalue weighted by atomic mass is 9.84. The van der Waals surface area contributed by atoms with Gasteiger partial charge in [-0.15, -0.1) is 0 Å². The Morgan fingerprint density at radius 2 is 0.630 bits per heavy atom. The van der Waals surface area contributed by atoms with E-state index in [0.29, 0.717) is 28.0 Å². The summed E-state index contributed by atoms with van der Waals surface area (Å²) >= 11 is 0. The monoisotopic (exact) mass is 1070 g/mol. The Labute approximate surface area is 460 Å². The average Bonchev–Trinajstić information content (AvgIpc) is 2.66. The fourth-order valence-electron chi connectivity index (χ4n) is 13.2. The van der Waals surface area contributed by atoms with Crippen LogP contribution < -0.4 is 0 Å². The molecule has 0 N–H and O–H groups in total. The maximum absolute atomic E-state index is 16.1. The highest BCUT2D eigenvalue weighted by atomic mass is 19.4. The summed E-state index contributed by atoms with van der Waals surface area (Å²) < 4.78 is 105. The number of rotatable bonds is 7. The first-order valence-electron chi connectivity index (χ1n) is 26.9. The van der Waals surface area contributed by atoms with E-state index in [2.05, 4.69) is 91.1 Å². The third-order valence-electron chi connectivity index (χ3n) is 16.3. The van der Waals surface area contributed by atoms with Crippen LogP contribution in [0.1, 0.15) is 36.5 Å². The van der Waals surface area contributed by atoms with Crippen molar-refractivity contribution in [2.45, 2.75) is 32.1 Å². The summed E-state index contributed by atoms with van der Waals surface area (Å²) in [7, 11) is 0. The third-order valence-corrected chi connectivity index (χ3v) is 16.3. The van der Waals surface area contributed by atoms with Gasteiger partial charge in [0.2, 0.25) is 0 Å². The van der Waals surface area contributed by atoms with Gasteiger partial charge in [-0.1, -0.05) is 172 Å². The van der Waals surface area contributed by atoms with Gasteiger partial charge in [0, 0.05) is 71.2 Å². The highest BCUT2D eigenvalue weighted by Crippen LogP contribution is 2.54. The Kier molecular flexibility index (Phi) is 10.7. The largest absolute Gasteiger partial charge is 0.417 e. The van der Waals surface area contributed by atoms with Crippen molar-refractivity contribution >= 4 is 87.2 Å². The van der Waals surface area contributed by atoms with Gasteiger partial charge in [-0.3, -0.25) is 0 Å². The van der Waals surface area contributed by atoms with Gasteiger partial charge in [0.1, 0.15) is 0 Å². The molecule has 0 saturated carbocycles. The van der Waals surface area contributed by atoms with Crippen molar-refractivity contribution in [1.29, 1.82) is 0 Å². The number of alkyl halides is 6. The lowest BCUT2D eigenvalue weighted by Crippen LogP contribution is -2.15. The first-order chi connectivity index (χ1) is 39.4. The average molecular weight is 1070 g/mol. The number of halogens is 6. The SMILES string of the molecule is CC(C)c1c(-n2c3ccccc3c3ccc4c(c5ccccc5n4-c4ccccc4)c32)c(-c2ccccc2C(F)(F)F)cc(-c2ccccc2C(F)(F)F)c1-n1c2ccccc2c2ccc3c(c4ccccc4n3-c3ccccc3)c21. The molecule has 0 bridgehead atoms. The zero-order valence-electron chi connectivity index (χ0n) is 43.7. The van der Waals surface area contributed by atoms with Gasteiger partial charge in [0.25, 0.3) is 0 Å². The van der Waals surface area contributed by atoms with Gasteiger partial charge in [-0.25, -0.2) is 0 Å². The maximum Gasteiger partial charge on any atom is 0.417 e. The zero-order chi connectivity index (χ0) is 55.1. The maximum atomic E-state index is 16.1. The number of hydrogen-bond donors (Lipinski definition) is 0. The molecule has 0 amide bonds. The second-order valence-electron chi connectivity index (χ2n) is 21.1. The third kappa shape index (κ3) is 7.12. The minimum Gasteiger partial charge on any atom is -0.309 e. The van der Waals surface area contributed by atoms with E-state index in [-0.39, 0.29) is 22.3 Å². The van der Waals surface area contributed by atoms with Crippen LogP contribution in [-0.2, 0) is 12.4 Å². The summed E-state index contributed by atoms with van der Waals surface area (Å²) in [5.74, 6) is -0.549. The summed E-state index contributed by atoms with van der Waals surface area (Å²) in [6.07, 6.45) is -9.73. The van der Waals surface area contributed by atoms with Crippen LogP contribution >= 0.6 is 0 Å². The minimum atomic E-state index is -4.86. The first kappa shape index (κ1) is 48.3. The molecule has 0 atom stereocenters. The Bertz CT molecular complexity index is 4740. The van der Waals surface area contributed by atoms with Gasteiger partial charge < -0.3 is 18.3 Å². The summed E-state index contributed by atoms with van der Waals surface area (Å²) in [5, 5.41) is 7.02. The predicted octanol–water partition coefficient (Wildman–Crippen LogP) is 20.6. The summed E-state index contributed by atoms with van der Waals surface area (Å²) in [4.78, 5) is 0. The smallest absolute Gasteiger partial charge is 0.309 e. The van der Waals surface area contributed by atoms with Crippen LogP contribution in [0.3, 0.4) is 0 Å². The lowest BCUT2D eigenvalue weighted by Gasteiger charge is -2.29. The van der Waals surface area contributed by atoms with Crippen LogP contribution in [0.4, 0.5) is 26.3 Å². The molecule has 4 aromatic heterocycles. The zero-order valence-corrected chi connectivity index (χ0v) is 43.7. The molecular formula is C71H46F6N4. The van der Waals surface area contributed by atoms with Crippen LogP contribution in [-0.4, -0.2) is 18.3 Å². The molecule has 0 saturated heterocycles. The molecule has 0 aliphatic carbocycles. The van der Waals surface area contributed by atoms with Crippen molar-refractivity contribution in [3.05, 3.63) is 253 Å². The molecule has 15 rings (SSSR count). The quantitative estimate of drug-likeness (QED) is 0.142. The van der Waals surface area contributed by atoms with Gasteiger partial charge in [-0.05, 0) is 95.9 Å². The van der Waals surface area contributed by atoms with Crippen molar-refractivity contribution in [1.82, 2.24) is 18.3 Å². The van der Waals surface area contributed by atoms with Gasteiger partial charge in [0.15, 0.2) is 0 Å². The molecule has 81 heavy (non-hydrogen) atoms. The van der Waals surface area contributed by atoms with Crippen molar-refractivity contribution in [2.75, 3.05) is 0 Å². The van der Waals surface area contributed by atoms with Crippen LogP contribution in [0.5, 0.6) is 0 Å². The number of hydrogen-bond acceptors (Lipinski definition) is 0. The van der Waals surface area contributed by atoms with Crippen LogP contribution in [0.15, 0.2) is 237 Å². The second-order valence-corrected chi connectivity index (χ2v) is 21.1. The molecule has 0 unspecified atom stereocenters. The van der Waals surface area contributed by atoms with E-state index in [4.69, 9.17) is 0 Å². The Morgan fingerprint density at radius 1 is 0.296 bits per heavy atom. The fourth-order valence-corrected chi connectivity index (χ4v) is 13.2. The standard InChI is InChI=1S/C71H46F6N4/c1-42(2)63-68(80-57-33-17-11-27-47(57)49-37-39-61-64(66(49)80)51-29-13-19-35-59(51)78(61)43-21-5-3-6-22-43)53(45-25-9-15-31-55(45)70(72,73)74)41-54(46-26-10-16-32-56(46)71(75,76)77)69(63)81-58-34-18-12-28-48(58)50-38-40-62-65(67(50)81)52-30-14-20-36-60(52)79(62)44-23-7-4-8-24-44/h3-42H,1-2H3. The molecule has 10 heteroatoms. The van der Waals surface area contributed by atoms with Crippen molar-refractivity contribution in [3.63, 3.8) is 0 Å². The van der Waals surface area contributed by atoms with E-state index in [1.54, 1.807) is 18.2 Å². The highest BCUT2D eigenvalue weighted by Gasteiger charge is 2.39. The van der Waals surface area contributed by atoms with Crippen LogP contribution in [0, 0.1) is 0 Å². The van der Waals surface area contributed by atoms with E-state index >= 15 is 26.3 Å². The second kappa shape index (κ2) is 17.9. The van der Waals surface area contributed by atoms with Crippen molar-refractivity contribution < 1.29 is 26.3 Å². The Balaban J connectivity index is 1.24. The van der Waals surface area contributed by atoms with Gasteiger partial charge in [-0.2, -0.15) is 26.3 Å². The number of para-hydroxylation sites is 6. The summed E-state index contributed by atoms with van der Waals surface area (Å²) in [5.41, 5.74) is 7.86. The number of fused-ring (bicyclic) bond motifs is 14. The summed E-state index contributed by atoms with van der Waals surface area (Å²) in [6.45, 7) is 3.99. The number of benzene rings is 11. The number of nitrogens with zero attached hydrogens (tertiary/aromatic N) is 4. The molecule has 0 aliphatic rings. The molecule has 392 valence electrons. The first-order valence-corrected chi connectivity index (χ1v) is 26.9. The molecule has 15 aromatic rings. The van der Waals surface area contributed by atoms with E-state index in [1.807, 2.05) is 123 Å². The van der Waals surface area contributed by atoms with E-state index < -0.39 is 29.4 Å². The van der Waals surface area contributed by atoms with Crippen LogP contribution in [0.25, 0.3) is 132 Å². The molecule has 4 heterocycles. The molecule has 0 spiro atoms. The van der Waals surface area contributed by atoms with Crippen molar-refractivity contribution in [3.8, 4) is 45.0 Å². The molecular weight excluding hydrogens is 1020 g/mol. The van der Waals surface area contributed by atoms with E-state index in [0.717, 1.165) is 99.7 Å². The molecule has 0 radical (unpaired) electrons. The fraction of sp³-hybridized carbons (Fsp3) is 0.0704. The Hall–Kier alpha value is -9.80. The molecule has 0 fully saturated rings. The minimum absolute atomic E-state index is 0.125. The van der Waals surface area contributed by atoms with Crippen molar-refractivity contribution in [2.24, 2.45) is 0 Å². The molecule has 0 aliphatic heterocycles. The highest BCUT2D eigenvalue weighted by molar-refractivity contribution is 6.28. The van der Waals surface area contributed by atoms with Crippen LogP contribution in [0.2, 0.25) is 0 Å². The molecule has 4 nitrogen and oxygen atoms in total.